The van der Waals surface area contributed by atoms with Crippen molar-refractivity contribution in [3.05, 3.63) is 0 Å². The van der Waals surface area contributed by atoms with Gasteiger partial charge in [-0.25, -0.2) is 0 Å². The fourth-order valence-corrected chi connectivity index (χ4v) is 2.79. The van der Waals surface area contributed by atoms with Crippen LogP contribution >= 0.6 is 0 Å². The van der Waals surface area contributed by atoms with E-state index in [0.717, 1.165) is 25.7 Å². The number of nitrogens with one attached hydrogen (secondary N) is 1. The van der Waals surface area contributed by atoms with Gasteiger partial charge in [0.25, 0.3) is 0 Å². The lowest BCUT2D eigenvalue weighted by atomic mass is 10.2. The Kier molecular flexibility index (Phi) is 3.53. The maximum atomic E-state index is 12.3. The smallest absolute Gasteiger partial charge is 0.241 e. The molecule has 0 bridgehead atoms. The van der Waals surface area contributed by atoms with E-state index in [-0.39, 0.29) is 6.04 Å². The van der Waals surface area contributed by atoms with Crippen molar-refractivity contribution in [2.24, 2.45) is 5.92 Å². The molecule has 0 aromatic rings. The van der Waals surface area contributed by atoms with Gasteiger partial charge in [0.2, 0.25) is 5.91 Å². The summed E-state index contributed by atoms with van der Waals surface area (Å²) in [4.78, 5) is 14.4. The summed E-state index contributed by atoms with van der Waals surface area (Å²) in [5.41, 5.74) is 0. The molecular formula is C13H24N2O. The molecule has 1 amide bonds. The van der Waals surface area contributed by atoms with E-state index in [4.69, 9.17) is 0 Å². The highest BCUT2D eigenvalue weighted by atomic mass is 16.2. The number of hydrogen-bond donors (Lipinski definition) is 1. The van der Waals surface area contributed by atoms with E-state index in [1.165, 1.54) is 6.42 Å². The van der Waals surface area contributed by atoms with E-state index in [1.54, 1.807) is 0 Å². The van der Waals surface area contributed by atoms with Gasteiger partial charge in [-0.15, -0.1) is 0 Å². The molecule has 2 rings (SSSR count). The zero-order valence-electron chi connectivity index (χ0n) is 10.7. The van der Waals surface area contributed by atoms with E-state index < -0.39 is 0 Å². The molecule has 1 aliphatic heterocycles. The van der Waals surface area contributed by atoms with E-state index >= 15 is 0 Å². The van der Waals surface area contributed by atoms with Gasteiger partial charge in [-0.2, -0.15) is 0 Å². The predicted molar refractivity (Wildman–Crippen MR) is 64.9 cm³/mol. The van der Waals surface area contributed by atoms with Crippen molar-refractivity contribution in [1.82, 2.24) is 10.2 Å². The Morgan fingerprint density at radius 2 is 1.94 bits per heavy atom. The lowest BCUT2D eigenvalue weighted by molar-refractivity contribution is -0.131. The Bertz CT molecular complexity index is 267. The van der Waals surface area contributed by atoms with Crippen molar-refractivity contribution in [1.29, 1.82) is 0 Å². The van der Waals surface area contributed by atoms with Gasteiger partial charge in [0.15, 0.2) is 0 Å². The second-order valence-electron chi connectivity index (χ2n) is 5.34. The lowest BCUT2D eigenvalue weighted by Gasteiger charge is -2.24. The van der Waals surface area contributed by atoms with Crippen LogP contribution in [0.4, 0.5) is 0 Å². The van der Waals surface area contributed by atoms with Crippen molar-refractivity contribution in [2.45, 2.75) is 71.1 Å². The summed E-state index contributed by atoms with van der Waals surface area (Å²) >= 11 is 0. The van der Waals surface area contributed by atoms with Gasteiger partial charge in [-0.3, -0.25) is 10.1 Å². The summed E-state index contributed by atoms with van der Waals surface area (Å²) in [7, 11) is 0. The van der Waals surface area contributed by atoms with Crippen LogP contribution < -0.4 is 5.32 Å². The van der Waals surface area contributed by atoms with Gasteiger partial charge in [0, 0.05) is 6.04 Å². The van der Waals surface area contributed by atoms with Crippen LogP contribution in [0.1, 0.15) is 52.9 Å². The van der Waals surface area contributed by atoms with Crippen LogP contribution in [0.2, 0.25) is 0 Å². The van der Waals surface area contributed by atoms with Crippen molar-refractivity contribution < 1.29 is 4.79 Å². The molecule has 1 saturated carbocycles. The second-order valence-corrected chi connectivity index (χ2v) is 5.34. The third kappa shape index (κ3) is 2.10. The van der Waals surface area contributed by atoms with Crippen LogP contribution in [-0.2, 0) is 4.79 Å². The van der Waals surface area contributed by atoms with Crippen molar-refractivity contribution in [2.75, 3.05) is 0 Å². The number of carbonyl (C=O) groups excluding carboxylic acids is 1. The quantitative estimate of drug-likeness (QED) is 0.776. The molecule has 3 heteroatoms. The molecule has 0 aromatic carbocycles. The Balaban J connectivity index is 2.03. The number of rotatable bonds is 5. The molecule has 1 heterocycles. The summed E-state index contributed by atoms with van der Waals surface area (Å²) < 4.78 is 0. The summed E-state index contributed by atoms with van der Waals surface area (Å²) in [6.07, 6.45) is 5.81. The highest BCUT2D eigenvalue weighted by Crippen LogP contribution is 2.39. The molecule has 0 aromatic heterocycles. The third-order valence-corrected chi connectivity index (χ3v) is 3.85. The van der Waals surface area contributed by atoms with Crippen LogP contribution in [0.25, 0.3) is 0 Å². The fourth-order valence-electron chi connectivity index (χ4n) is 2.79. The molecule has 16 heavy (non-hydrogen) atoms. The summed E-state index contributed by atoms with van der Waals surface area (Å²) in [5, 5.41) is 3.51. The first-order chi connectivity index (χ1) is 7.69. The first kappa shape index (κ1) is 11.9. The minimum Gasteiger partial charge on any atom is -0.323 e. The van der Waals surface area contributed by atoms with Crippen LogP contribution in [0.3, 0.4) is 0 Å². The van der Waals surface area contributed by atoms with Gasteiger partial charge in [0.1, 0.15) is 0 Å². The topological polar surface area (TPSA) is 32.3 Å². The minimum absolute atomic E-state index is 0.0920. The van der Waals surface area contributed by atoms with Gasteiger partial charge >= 0.3 is 0 Å². The van der Waals surface area contributed by atoms with E-state index in [9.17, 15) is 4.79 Å². The van der Waals surface area contributed by atoms with Gasteiger partial charge in [0.05, 0.1) is 12.2 Å². The van der Waals surface area contributed by atoms with Gasteiger partial charge in [-0.05, 0) is 25.2 Å². The van der Waals surface area contributed by atoms with Crippen molar-refractivity contribution in [3.8, 4) is 0 Å². The maximum Gasteiger partial charge on any atom is 0.241 e. The molecule has 1 aliphatic carbocycles. The predicted octanol–water partition coefficient (Wildman–Crippen LogP) is 2.12. The molecule has 1 saturated heterocycles. The Morgan fingerprint density at radius 1 is 1.31 bits per heavy atom. The molecule has 2 aliphatic rings. The van der Waals surface area contributed by atoms with Gasteiger partial charge < -0.3 is 4.90 Å². The normalized spacial score (nSPS) is 38.2. The molecular weight excluding hydrogens is 200 g/mol. The molecule has 0 radical (unpaired) electrons. The minimum atomic E-state index is 0.0920. The number of carbonyl (C=O) groups is 1. The molecule has 4 atom stereocenters. The van der Waals surface area contributed by atoms with Gasteiger partial charge in [-0.1, -0.05) is 33.6 Å². The average molecular weight is 224 g/mol. The monoisotopic (exact) mass is 224 g/mol. The average Bonchev–Trinajstić information content (AvgIpc) is 2.87. The summed E-state index contributed by atoms with van der Waals surface area (Å²) in [6.45, 7) is 6.58. The maximum absolute atomic E-state index is 12.3. The largest absolute Gasteiger partial charge is 0.323 e. The number of hydrogen-bond acceptors (Lipinski definition) is 2. The molecule has 92 valence electrons. The number of nitrogens with zero attached hydrogens (tertiary/aromatic N) is 1. The summed E-state index contributed by atoms with van der Waals surface area (Å²) in [6, 6.07) is 0.618. The van der Waals surface area contributed by atoms with Crippen LogP contribution in [0, 0.1) is 5.92 Å². The van der Waals surface area contributed by atoms with Crippen molar-refractivity contribution in [3.63, 3.8) is 0 Å². The van der Waals surface area contributed by atoms with Crippen LogP contribution in [-0.4, -0.2) is 29.1 Å². The highest BCUT2D eigenvalue weighted by Gasteiger charge is 2.48. The molecule has 1 N–H and O–H groups in total. The standard InChI is InChI=1S/C13H24N2O/c1-4-6-10-13(16)15(11-8-9(11)3)12(14-10)7-5-2/h9-12,14H,4-8H2,1-3H3. The van der Waals surface area contributed by atoms with Crippen molar-refractivity contribution >= 4 is 5.91 Å². The molecule has 2 fully saturated rings. The Hall–Kier alpha value is -0.570. The Morgan fingerprint density at radius 3 is 2.44 bits per heavy atom. The van der Waals surface area contributed by atoms with Crippen LogP contribution in [0.15, 0.2) is 0 Å². The fraction of sp³-hybridized carbons (Fsp3) is 0.923. The number of amides is 1. The third-order valence-electron chi connectivity index (χ3n) is 3.85. The lowest BCUT2D eigenvalue weighted by Crippen LogP contribution is -2.39. The van der Waals surface area contributed by atoms with E-state index in [2.05, 4.69) is 31.0 Å². The second kappa shape index (κ2) is 4.74. The molecule has 0 spiro atoms. The molecule has 4 unspecified atom stereocenters. The highest BCUT2D eigenvalue weighted by molar-refractivity contribution is 5.85. The zero-order chi connectivity index (χ0) is 11.7. The molecule has 3 nitrogen and oxygen atoms in total. The first-order valence-corrected chi connectivity index (χ1v) is 6.77. The first-order valence-electron chi connectivity index (χ1n) is 6.77. The van der Waals surface area contributed by atoms with E-state index in [1.807, 2.05) is 0 Å². The Labute approximate surface area is 98.6 Å². The SMILES string of the molecule is CCCC1NC(CCC)N(C2CC2C)C1=O. The van der Waals surface area contributed by atoms with Crippen LogP contribution in [0.5, 0.6) is 0 Å². The zero-order valence-corrected chi connectivity index (χ0v) is 10.7. The summed E-state index contributed by atoms with van der Waals surface area (Å²) in [5.74, 6) is 1.07. The van der Waals surface area contributed by atoms with E-state index in [0.29, 0.717) is 24.0 Å².